The standard InChI is InChI=1S/C13H12F3N3O3S/c1-21-8-4-3-7(5-9(8)22-2)6-10-18-19-12(23-10)17-11(20)13(14,15)16/h3-5H,6H2,1-2H3,(H,17,19,20). The second-order valence-corrected chi connectivity index (χ2v) is 5.38. The molecule has 6 nitrogen and oxygen atoms in total. The lowest BCUT2D eigenvalue weighted by molar-refractivity contribution is -0.167. The largest absolute Gasteiger partial charge is 0.493 e. The van der Waals surface area contributed by atoms with Gasteiger partial charge in [-0.1, -0.05) is 17.4 Å². The molecular formula is C13H12F3N3O3S. The van der Waals surface area contributed by atoms with Crippen LogP contribution in [-0.4, -0.2) is 36.5 Å². The van der Waals surface area contributed by atoms with Gasteiger partial charge in [0.05, 0.1) is 14.2 Å². The number of hydrogen-bond donors (Lipinski definition) is 1. The van der Waals surface area contributed by atoms with Crippen molar-refractivity contribution in [3.05, 3.63) is 28.8 Å². The first-order chi connectivity index (χ1) is 10.8. The molecule has 1 aromatic carbocycles. The number of nitrogens with one attached hydrogen (secondary N) is 1. The average Bonchev–Trinajstić information content (AvgIpc) is 2.93. The van der Waals surface area contributed by atoms with Crippen molar-refractivity contribution in [1.29, 1.82) is 0 Å². The quantitative estimate of drug-likeness (QED) is 0.900. The van der Waals surface area contributed by atoms with Gasteiger partial charge in [-0.3, -0.25) is 10.1 Å². The number of amides is 1. The highest BCUT2D eigenvalue weighted by molar-refractivity contribution is 7.15. The number of hydrogen-bond acceptors (Lipinski definition) is 6. The Morgan fingerprint density at radius 1 is 1.22 bits per heavy atom. The molecular weight excluding hydrogens is 335 g/mol. The number of rotatable bonds is 5. The van der Waals surface area contributed by atoms with Crippen molar-refractivity contribution in [2.75, 3.05) is 19.5 Å². The fourth-order valence-corrected chi connectivity index (χ4v) is 2.48. The Bertz CT molecular complexity index is 703. The van der Waals surface area contributed by atoms with E-state index in [4.69, 9.17) is 9.47 Å². The van der Waals surface area contributed by atoms with Crippen molar-refractivity contribution >= 4 is 22.4 Å². The predicted molar refractivity (Wildman–Crippen MR) is 76.9 cm³/mol. The molecule has 1 N–H and O–H groups in total. The summed E-state index contributed by atoms with van der Waals surface area (Å²) in [6.07, 6.45) is -4.63. The second kappa shape index (κ2) is 6.82. The number of aromatic nitrogens is 2. The zero-order valence-electron chi connectivity index (χ0n) is 12.1. The number of methoxy groups -OCH3 is 2. The molecule has 0 aliphatic rings. The summed E-state index contributed by atoms with van der Waals surface area (Å²) in [5.41, 5.74) is 0.812. The third-order valence-corrected chi connectivity index (χ3v) is 3.59. The molecule has 0 radical (unpaired) electrons. The molecule has 0 atom stereocenters. The third-order valence-electron chi connectivity index (χ3n) is 2.75. The summed E-state index contributed by atoms with van der Waals surface area (Å²) in [6, 6.07) is 5.21. The number of ether oxygens (including phenoxy) is 2. The molecule has 0 spiro atoms. The number of nitrogens with zero attached hydrogens (tertiary/aromatic N) is 2. The van der Waals surface area contributed by atoms with E-state index in [0.717, 1.165) is 16.9 Å². The third kappa shape index (κ3) is 4.31. The summed E-state index contributed by atoms with van der Waals surface area (Å²) >= 11 is 0.869. The molecule has 2 rings (SSSR count). The number of alkyl halides is 3. The van der Waals surface area contributed by atoms with Gasteiger partial charge in [0.15, 0.2) is 11.5 Å². The molecule has 0 saturated carbocycles. The Balaban J connectivity index is 2.09. The minimum absolute atomic E-state index is 0.206. The van der Waals surface area contributed by atoms with Gasteiger partial charge in [0, 0.05) is 6.42 Å². The topological polar surface area (TPSA) is 73.3 Å². The number of benzene rings is 1. The molecule has 0 bridgehead atoms. The number of carbonyl (C=O) groups excluding carboxylic acids is 1. The van der Waals surface area contributed by atoms with E-state index >= 15 is 0 Å². The number of halogens is 3. The Labute approximate surface area is 133 Å². The van der Waals surface area contributed by atoms with Gasteiger partial charge < -0.3 is 9.47 Å². The molecule has 0 aliphatic heterocycles. The first kappa shape index (κ1) is 17.0. The monoisotopic (exact) mass is 347 g/mol. The lowest BCUT2D eigenvalue weighted by Gasteiger charge is -2.08. The number of carbonyl (C=O) groups is 1. The van der Waals surface area contributed by atoms with Crippen molar-refractivity contribution in [1.82, 2.24) is 10.2 Å². The van der Waals surface area contributed by atoms with Crippen molar-refractivity contribution in [2.45, 2.75) is 12.6 Å². The summed E-state index contributed by atoms with van der Waals surface area (Å²) in [7, 11) is 3.01. The Morgan fingerprint density at radius 3 is 2.52 bits per heavy atom. The van der Waals surface area contributed by atoms with Crippen LogP contribution in [0.3, 0.4) is 0 Å². The molecule has 1 aromatic heterocycles. The van der Waals surface area contributed by atoms with Gasteiger partial charge in [-0.05, 0) is 17.7 Å². The lowest BCUT2D eigenvalue weighted by Crippen LogP contribution is -2.29. The van der Waals surface area contributed by atoms with Crippen molar-refractivity contribution in [3.63, 3.8) is 0 Å². The van der Waals surface area contributed by atoms with E-state index in [1.54, 1.807) is 23.5 Å². The number of anilines is 1. The van der Waals surface area contributed by atoms with Crippen LogP contribution in [-0.2, 0) is 11.2 Å². The molecule has 2 aromatic rings. The highest BCUT2D eigenvalue weighted by Crippen LogP contribution is 2.29. The van der Waals surface area contributed by atoms with Crippen LogP contribution >= 0.6 is 11.3 Å². The maximum atomic E-state index is 12.2. The minimum Gasteiger partial charge on any atom is -0.493 e. The summed E-state index contributed by atoms with van der Waals surface area (Å²) in [4.78, 5) is 10.8. The van der Waals surface area contributed by atoms with Crippen molar-refractivity contribution in [2.24, 2.45) is 0 Å². The van der Waals surface area contributed by atoms with Crippen LogP contribution in [0.25, 0.3) is 0 Å². The Kier molecular flexibility index (Phi) is 5.04. The molecule has 23 heavy (non-hydrogen) atoms. The van der Waals surface area contributed by atoms with E-state index in [-0.39, 0.29) is 5.13 Å². The van der Waals surface area contributed by atoms with Gasteiger partial charge in [-0.15, -0.1) is 10.2 Å². The average molecular weight is 347 g/mol. The predicted octanol–water partition coefficient (Wildman–Crippen LogP) is 2.65. The van der Waals surface area contributed by atoms with Crippen molar-refractivity contribution in [3.8, 4) is 11.5 Å². The normalized spacial score (nSPS) is 11.2. The first-order valence-electron chi connectivity index (χ1n) is 6.25. The molecule has 124 valence electrons. The molecule has 0 unspecified atom stereocenters. The van der Waals surface area contributed by atoms with Gasteiger partial charge in [0.2, 0.25) is 5.13 Å². The maximum absolute atomic E-state index is 12.2. The van der Waals surface area contributed by atoms with Gasteiger partial charge >= 0.3 is 12.1 Å². The Morgan fingerprint density at radius 2 is 1.91 bits per heavy atom. The summed E-state index contributed by atoms with van der Waals surface area (Å²) in [6.45, 7) is 0. The van der Waals surface area contributed by atoms with Crippen LogP contribution in [0.1, 0.15) is 10.6 Å². The summed E-state index contributed by atoms with van der Waals surface area (Å²) in [5, 5.41) is 9.19. The minimum atomic E-state index is -4.96. The highest BCUT2D eigenvalue weighted by atomic mass is 32.1. The van der Waals surface area contributed by atoms with E-state index in [2.05, 4.69) is 10.2 Å². The Hall–Kier alpha value is -2.36. The van der Waals surface area contributed by atoms with E-state index in [1.165, 1.54) is 14.2 Å². The van der Waals surface area contributed by atoms with Crippen LogP contribution in [0.15, 0.2) is 18.2 Å². The zero-order chi connectivity index (χ0) is 17.0. The molecule has 0 saturated heterocycles. The molecule has 0 aliphatic carbocycles. The van der Waals surface area contributed by atoms with Gasteiger partial charge in [-0.2, -0.15) is 13.2 Å². The molecule has 10 heteroatoms. The first-order valence-corrected chi connectivity index (χ1v) is 7.06. The zero-order valence-corrected chi connectivity index (χ0v) is 12.9. The van der Waals surface area contributed by atoms with E-state index in [1.807, 2.05) is 0 Å². The smallest absolute Gasteiger partial charge is 0.471 e. The molecule has 0 fully saturated rings. The summed E-state index contributed by atoms with van der Waals surface area (Å²) in [5.74, 6) is -0.988. The van der Waals surface area contributed by atoms with Gasteiger partial charge in [0.25, 0.3) is 0 Å². The van der Waals surface area contributed by atoms with E-state index < -0.39 is 12.1 Å². The van der Waals surface area contributed by atoms with Crippen molar-refractivity contribution < 1.29 is 27.4 Å². The summed E-state index contributed by atoms with van der Waals surface area (Å²) < 4.78 is 46.8. The second-order valence-electron chi connectivity index (χ2n) is 4.32. The van der Waals surface area contributed by atoms with Gasteiger partial charge in [-0.25, -0.2) is 0 Å². The van der Waals surface area contributed by atoms with Crippen LogP contribution in [0.5, 0.6) is 11.5 Å². The van der Waals surface area contributed by atoms with Crippen LogP contribution in [0.2, 0.25) is 0 Å². The van der Waals surface area contributed by atoms with E-state index in [0.29, 0.717) is 22.9 Å². The lowest BCUT2D eigenvalue weighted by atomic mass is 10.1. The van der Waals surface area contributed by atoms with Crippen LogP contribution in [0.4, 0.5) is 18.3 Å². The molecule has 1 amide bonds. The van der Waals surface area contributed by atoms with Gasteiger partial charge in [0.1, 0.15) is 5.01 Å². The molecule has 1 heterocycles. The highest BCUT2D eigenvalue weighted by Gasteiger charge is 2.39. The fraction of sp³-hybridized carbons (Fsp3) is 0.308. The fourth-order valence-electron chi connectivity index (χ4n) is 1.71. The SMILES string of the molecule is COc1ccc(Cc2nnc(NC(=O)C(F)(F)F)s2)cc1OC. The maximum Gasteiger partial charge on any atom is 0.471 e. The van der Waals surface area contributed by atoms with Crippen LogP contribution < -0.4 is 14.8 Å². The van der Waals surface area contributed by atoms with Crippen LogP contribution in [0, 0.1) is 0 Å². The van der Waals surface area contributed by atoms with E-state index in [9.17, 15) is 18.0 Å².